The van der Waals surface area contributed by atoms with Crippen LogP contribution in [-0.2, 0) is 9.59 Å². The number of azide groups is 1. The molecule has 9 nitrogen and oxygen atoms in total. The molecule has 4 N–H and O–H groups in total. The quantitative estimate of drug-likeness (QED) is 0.0921. The molecule has 0 atom stereocenters. The first-order valence-corrected chi connectivity index (χ1v) is 11.7. The van der Waals surface area contributed by atoms with Gasteiger partial charge in [0.2, 0.25) is 0 Å². The number of hydrogen-bond acceptors (Lipinski definition) is 5. The van der Waals surface area contributed by atoms with Crippen molar-refractivity contribution in [3.05, 3.63) is 35.8 Å². The number of nitrogens with two attached hydrogens (primary N) is 1. The molecular formula is C24H48N6O3. The number of amides is 2. The van der Waals surface area contributed by atoms with E-state index in [0.717, 1.165) is 76.9 Å². The maximum atomic E-state index is 11.2. The maximum absolute atomic E-state index is 11.2. The topological polar surface area (TPSA) is 150 Å². The number of urea groups is 1. The highest BCUT2D eigenvalue weighted by Crippen LogP contribution is 1.97. The van der Waals surface area contributed by atoms with Gasteiger partial charge < -0.3 is 16.4 Å². The van der Waals surface area contributed by atoms with Crippen LogP contribution in [-0.4, -0.2) is 38.4 Å². The van der Waals surface area contributed by atoms with Gasteiger partial charge in [-0.05, 0) is 75.3 Å². The normalized spacial score (nSPS) is 8.82. The Kier molecular flexibility index (Phi) is 42.0. The van der Waals surface area contributed by atoms with Crippen LogP contribution in [0.3, 0.4) is 0 Å². The van der Waals surface area contributed by atoms with Crippen LogP contribution in [0.1, 0.15) is 79.1 Å². The van der Waals surface area contributed by atoms with Crippen LogP contribution >= 0.6 is 0 Å². The lowest BCUT2D eigenvalue weighted by atomic mass is 10.1. The van der Waals surface area contributed by atoms with Crippen LogP contribution in [0.5, 0.6) is 0 Å². The number of allylic oxidation sites excluding steroid dienone is 2. The Labute approximate surface area is 201 Å². The van der Waals surface area contributed by atoms with Crippen molar-refractivity contribution in [1.82, 2.24) is 10.6 Å². The van der Waals surface area contributed by atoms with Crippen molar-refractivity contribution < 1.29 is 14.4 Å². The van der Waals surface area contributed by atoms with Crippen LogP contribution in [0.15, 0.2) is 30.4 Å². The predicted octanol–water partition coefficient (Wildman–Crippen LogP) is 5.75. The molecule has 2 amide bonds. The molecule has 0 radical (unpaired) electrons. The van der Waals surface area contributed by atoms with Crippen LogP contribution in [0, 0.1) is 11.8 Å². The third-order valence-corrected chi connectivity index (χ3v) is 3.85. The van der Waals surface area contributed by atoms with E-state index in [1.54, 1.807) is 0 Å². The van der Waals surface area contributed by atoms with E-state index < -0.39 is 0 Å². The monoisotopic (exact) mass is 468 g/mol. The van der Waals surface area contributed by atoms with Crippen molar-refractivity contribution in [3.8, 4) is 0 Å². The standard InChI is InChI=1S/C12H24N2O.C6H11N3.C5H13N.CO2/c1-4-5-6-7-9-13-12(15)14-10-8-11(2)3;1-2-3-4-5-6-8-9-7;1-5(2)3-4-6;2-1-3/h4,11H,1,5-10H2,2-3H3,(H2,13,14,15);2H,1,3-6H2;5H,3-4,6H2,1-2H3;. The summed E-state index contributed by atoms with van der Waals surface area (Å²) in [6, 6.07) is -0.0470. The molecule has 0 aliphatic carbocycles. The van der Waals surface area contributed by atoms with Gasteiger partial charge in [-0.25, -0.2) is 4.79 Å². The highest BCUT2D eigenvalue weighted by Gasteiger charge is 1.99. The van der Waals surface area contributed by atoms with Gasteiger partial charge >= 0.3 is 12.2 Å². The maximum Gasteiger partial charge on any atom is 0.373 e. The molecule has 0 heterocycles. The molecule has 0 saturated carbocycles. The predicted molar refractivity (Wildman–Crippen MR) is 136 cm³/mol. The van der Waals surface area contributed by atoms with E-state index in [1.807, 2.05) is 12.2 Å². The number of hydrogen-bond donors (Lipinski definition) is 3. The summed E-state index contributed by atoms with van der Waals surface area (Å²) in [5.74, 6) is 1.41. The third kappa shape index (κ3) is 58.6. The van der Waals surface area contributed by atoms with E-state index in [4.69, 9.17) is 20.9 Å². The second-order valence-corrected chi connectivity index (χ2v) is 7.94. The number of carbonyl (C=O) groups excluding carboxylic acids is 3. The van der Waals surface area contributed by atoms with Gasteiger partial charge in [-0.2, -0.15) is 9.59 Å². The van der Waals surface area contributed by atoms with E-state index in [9.17, 15) is 4.79 Å². The Balaban J connectivity index is -0.000000198. The van der Waals surface area contributed by atoms with Gasteiger partial charge in [0.25, 0.3) is 0 Å². The summed E-state index contributed by atoms with van der Waals surface area (Å²) >= 11 is 0. The van der Waals surface area contributed by atoms with E-state index in [-0.39, 0.29) is 12.2 Å². The van der Waals surface area contributed by atoms with E-state index >= 15 is 0 Å². The van der Waals surface area contributed by atoms with Gasteiger partial charge in [0.15, 0.2) is 0 Å². The molecule has 0 aliphatic heterocycles. The average Bonchev–Trinajstić information content (AvgIpc) is 2.75. The van der Waals surface area contributed by atoms with Gasteiger partial charge in [0.1, 0.15) is 0 Å². The molecule has 192 valence electrons. The summed E-state index contributed by atoms with van der Waals surface area (Å²) in [5, 5.41) is 9.06. The Hall–Kier alpha value is -2.60. The Bertz CT molecular complexity index is 512. The Morgan fingerprint density at radius 2 is 1.45 bits per heavy atom. The van der Waals surface area contributed by atoms with Crippen molar-refractivity contribution in [2.75, 3.05) is 26.2 Å². The molecule has 0 aromatic heterocycles. The molecule has 0 aromatic carbocycles. The summed E-state index contributed by atoms with van der Waals surface area (Å²) < 4.78 is 0. The molecule has 0 fully saturated rings. The first-order valence-electron chi connectivity index (χ1n) is 11.7. The van der Waals surface area contributed by atoms with Crippen LogP contribution < -0.4 is 16.4 Å². The molecule has 33 heavy (non-hydrogen) atoms. The zero-order valence-corrected chi connectivity index (χ0v) is 21.4. The molecule has 0 aliphatic rings. The lowest BCUT2D eigenvalue weighted by Crippen LogP contribution is -2.36. The average molecular weight is 469 g/mol. The zero-order chi connectivity index (χ0) is 26.2. The summed E-state index contributed by atoms with van der Waals surface area (Å²) in [7, 11) is 0. The lowest BCUT2D eigenvalue weighted by molar-refractivity contribution is -0.191. The van der Waals surface area contributed by atoms with E-state index in [2.05, 4.69) is 61.5 Å². The van der Waals surface area contributed by atoms with Gasteiger partial charge in [-0.1, -0.05) is 45.0 Å². The molecule has 0 aromatic rings. The summed E-state index contributed by atoms with van der Waals surface area (Å²) in [4.78, 5) is 30.1. The third-order valence-electron chi connectivity index (χ3n) is 3.85. The van der Waals surface area contributed by atoms with E-state index in [0.29, 0.717) is 12.5 Å². The molecule has 9 heteroatoms. The van der Waals surface area contributed by atoms with Crippen molar-refractivity contribution in [2.45, 2.75) is 79.1 Å². The smallest absolute Gasteiger partial charge is 0.338 e. The number of carbonyl (C=O) groups is 1. The highest BCUT2D eigenvalue weighted by atomic mass is 16.2. The van der Waals surface area contributed by atoms with Gasteiger partial charge in [-0.3, -0.25) is 0 Å². The summed E-state index contributed by atoms with van der Waals surface area (Å²) in [5.41, 5.74) is 13.1. The largest absolute Gasteiger partial charge is 0.373 e. The second-order valence-electron chi connectivity index (χ2n) is 7.94. The van der Waals surface area contributed by atoms with E-state index in [1.165, 1.54) is 0 Å². The Morgan fingerprint density at radius 3 is 1.85 bits per heavy atom. The van der Waals surface area contributed by atoms with Crippen molar-refractivity contribution in [1.29, 1.82) is 0 Å². The number of rotatable bonds is 15. The lowest BCUT2D eigenvalue weighted by Gasteiger charge is -2.08. The van der Waals surface area contributed by atoms with Crippen molar-refractivity contribution in [3.63, 3.8) is 0 Å². The molecular weight excluding hydrogens is 420 g/mol. The number of nitrogens with one attached hydrogen (secondary N) is 2. The first-order chi connectivity index (χ1) is 15.8. The molecule has 0 bridgehead atoms. The highest BCUT2D eigenvalue weighted by molar-refractivity contribution is 5.73. The SMILES string of the molecule is C=CCCCCN=[N+]=[N-].C=CCCCCNC(=O)NCCC(C)C.CC(C)CCN.O=C=O. The van der Waals surface area contributed by atoms with Gasteiger partial charge in [0, 0.05) is 24.5 Å². The van der Waals surface area contributed by atoms with Crippen LogP contribution in [0.2, 0.25) is 0 Å². The zero-order valence-electron chi connectivity index (χ0n) is 21.4. The number of unbranched alkanes of at least 4 members (excludes halogenated alkanes) is 4. The molecule has 0 saturated heterocycles. The second kappa shape index (κ2) is 36.8. The molecule has 0 spiro atoms. The number of nitrogens with zero attached hydrogens (tertiary/aromatic N) is 3. The van der Waals surface area contributed by atoms with Crippen molar-refractivity contribution in [2.24, 2.45) is 22.7 Å². The first kappa shape index (κ1) is 37.7. The summed E-state index contributed by atoms with van der Waals surface area (Å²) in [6.07, 6.45) is 12.4. The van der Waals surface area contributed by atoms with Crippen LogP contribution in [0.4, 0.5) is 4.79 Å². The minimum Gasteiger partial charge on any atom is -0.338 e. The van der Waals surface area contributed by atoms with Crippen molar-refractivity contribution >= 4 is 12.2 Å². The van der Waals surface area contributed by atoms with Crippen LogP contribution in [0.25, 0.3) is 10.4 Å². The fourth-order valence-corrected chi connectivity index (χ4v) is 2.00. The fourth-order valence-electron chi connectivity index (χ4n) is 2.00. The molecule has 0 rings (SSSR count). The minimum absolute atomic E-state index is 0.0470. The Morgan fingerprint density at radius 1 is 0.970 bits per heavy atom. The van der Waals surface area contributed by atoms with Gasteiger partial charge in [-0.15, -0.1) is 13.2 Å². The fraction of sp³-hybridized carbons (Fsp3) is 0.750. The minimum atomic E-state index is -0.0470. The summed E-state index contributed by atoms with van der Waals surface area (Å²) in [6.45, 7) is 18.8. The molecule has 0 unspecified atom stereocenters. The van der Waals surface area contributed by atoms with Gasteiger partial charge in [0.05, 0.1) is 0 Å².